The van der Waals surface area contributed by atoms with Crippen LogP contribution >= 0.6 is 0 Å². The van der Waals surface area contributed by atoms with Crippen LogP contribution in [0.2, 0.25) is 0 Å². The van der Waals surface area contributed by atoms with Crippen molar-refractivity contribution in [3.63, 3.8) is 0 Å². The van der Waals surface area contributed by atoms with Crippen molar-refractivity contribution in [1.29, 1.82) is 0 Å². The Morgan fingerprint density at radius 1 is 0.263 bits per heavy atom. The normalized spacial score (nSPS) is 13.1. The lowest BCUT2D eigenvalue weighted by Crippen LogP contribution is -2.72. The lowest BCUT2D eigenvalue weighted by Gasteiger charge is -2.31. The van der Waals surface area contributed by atoms with Crippen molar-refractivity contribution < 1.29 is 8.83 Å². The largest absolute Gasteiger partial charge is 0.456 e. The lowest BCUT2D eigenvalue weighted by atomic mass is 9.98. The molecule has 0 aliphatic carbocycles. The van der Waals surface area contributed by atoms with E-state index in [0.29, 0.717) is 0 Å². The average Bonchev–Trinajstić information content (AvgIpc) is 3.93. The van der Waals surface area contributed by atoms with E-state index in [4.69, 9.17) is 8.83 Å². The molecule has 11 aromatic rings. The summed E-state index contributed by atoms with van der Waals surface area (Å²) in [5, 5.41) is 9.96. The second kappa shape index (κ2) is 12.4. The van der Waals surface area contributed by atoms with Gasteiger partial charge in [0.25, 0.3) is 0 Å². The molecule has 0 amide bonds. The molecule has 0 spiro atoms. The number of rotatable bonds is 5. The highest BCUT2D eigenvalue weighted by atomic mass is 28.3. The first-order valence-corrected chi connectivity index (χ1v) is 21.6. The van der Waals surface area contributed by atoms with Gasteiger partial charge < -0.3 is 8.83 Å². The van der Waals surface area contributed by atoms with Gasteiger partial charge in [-0.05, 0) is 102 Å². The van der Waals surface area contributed by atoms with Crippen LogP contribution in [-0.2, 0) is 0 Å². The first-order valence-electron chi connectivity index (χ1n) is 19.6. The summed E-state index contributed by atoms with van der Waals surface area (Å²) < 4.78 is 12.7. The Balaban J connectivity index is 1.04. The van der Waals surface area contributed by atoms with Gasteiger partial charge in [0.2, 0.25) is 0 Å². The van der Waals surface area contributed by atoms with Gasteiger partial charge in [0, 0.05) is 21.5 Å². The van der Waals surface area contributed by atoms with Gasteiger partial charge in [-0.15, -0.1) is 0 Å². The quantitative estimate of drug-likeness (QED) is 0.164. The maximum Gasteiger partial charge on any atom is 0.180 e. The minimum absolute atomic E-state index is 0.872. The van der Waals surface area contributed by atoms with Gasteiger partial charge in [0.1, 0.15) is 22.3 Å². The van der Waals surface area contributed by atoms with E-state index in [1.165, 1.54) is 59.7 Å². The van der Waals surface area contributed by atoms with Gasteiger partial charge >= 0.3 is 0 Å². The standard InChI is InChI=1S/C54H34O2Si/c1-3-11-35(12-4-1)37-19-25-41(26-20-37)57(42-27-21-38(22-28-42)36-13-5-2-6-14-36)53-18-10-8-16-44(53)48-32-40(24-30-54(48)57)39-23-29-50-45(31-39)47-34-51-46(33-52(47)56-50)43-15-7-9-17-49(43)55-51/h1-34H. The van der Waals surface area contributed by atoms with Crippen LogP contribution in [-0.4, -0.2) is 8.07 Å². The van der Waals surface area contributed by atoms with Crippen LogP contribution in [0.25, 0.3) is 88.4 Å². The van der Waals surface area contributed by atoms with E-state index >= 15 is 0 Å². The Kier molecular flexibility index (Phi) is 6.98. The van der Waals surface area contributed by atoms with Crippen LogP contribution in [0.4, 0.5) is 0 Å². The molecule has 0 saturated heterocycles. The molecule has 9 aromatic carbocycles. The molecule has 0 atom stereocenters. The third-order valence-corrected chi connectivity index (χ3v) is 17.1. The van der Waals surface area contributed by atoms with Gasteiger partial charge in [0.05, 0.1) is 0 Å². The minimum atomic E-state index is -2.73. The van der Waals surface area contributed by atoms with Crippen LogP contribution in [0.15, 0.2) is 215 Å². The number of fused-ring (bicyclic) bond motifs is 9. The maximum atomic E-state index is 6.45. The molecule has 2 aromatic heterocycles. The molecule has 0 saturated carbocycles. The summed E-state index contributed by atoms with van der Waals surface area (Å²) in [4.78, 5) is 0. The average molecular weight is 743 g/mol. The molecule has 57 heavy (non-hydrogen) atoms. The van der Waals surface area contributed by atoms with E-state index < -0.39 is 8.07 Å². The van der Waals surface area contributed by atoms with Gasteiger partial charge in [-0.1, -0.05) is 170 Å². The fourth-order valence-electron chi connectivity index (χ4n) is 9.51. The molecule has 0 radical (unpaired) electrons. The topological polar surface area (TPSA) is 26.3 Å². The first kappa shape index (κ1) is 32.1. The van der Waals surface area contributed by atoms with Crippen LogP contribution in [0, 0.1) is 0 Å². The molecular formula is C54H34O2Si. The zero-order valence-electron chi connectivity index (χ0n) is 30.9. The number of hydrogen-bond donors (Lipinski definition) is 0. The lowest BCUT2D eigenvalue weighted by molar-refractivity contribution is 0.664. The summed E-state index contributed by atoms with van der Waals surface area (Å²) in [6.45, 7) is 0. The van der Waals surface area contributed by atoms with E-state index in [1.54, 1.807) is 0 Å². The molecule has 0 fully saturated rings. The van der Waals surface area contributed by atoms with Crippen LogP contribution in [0.5, 0.6) is 0 Å². The Bertz CT molecular complexity index is 3240. The third-order valence-electron chi connectivity index (χ3n) is 12.2. The molecule has 0 bridgehead atoms. The Hall–Kier alpha value is -7.20. The van der Waals surface area contributed by atoms with Gasteiger partial charge in [-0.25, -0.2) is 0 Å². The smallest absolute Gasteiger partial charge is 0.180 e. The van der Waals surface area contributed by atoms with E-state index in [9.17, 15) is 0 Å². The van der Waals surface area contributed by atoms with Crippen molar-refractivity contribution in [3.05, 3.63) is 206 Å². The Labute approximate surface area is 330 Å². The summed E-state index contributed by atoms with van der Waals surface area (Å²) in [7, 11) is -2.73. The maximum absolute atomic E-state index is 6.45. The van der Waals surface area contributed by atoms with Crippen molar-refractivity contribution >= 4 is 72.7 Å². The van der Waals surface area contributed by atoms with Gasteiger partial charge in [-0.3, -0.25) is 0 Å². The number of para-hydroxylation sites is 1. The third kappa shape index (κ3) is 4.83. The van der Waals surface area contributed by atoms with Crippen LogP contribution in [0.3, 0.4) is 0 Å². The van der Waals surface area contributed by atoms with Gasteiger partial charge in [-0.2, -0.15) is 0 Å². The molecule has 3 heterocycles. The summed E-state index contributed by atoms with van der Waals surface area (Å²) in [5.41, 5.74) is 13.4. The summed E-state index contributed by atoms with van der Waals surface area (Å²) in [6.07, 6.45) is 0. The fourth-order valence-corrected chi connectivity index (χ4v) is 14.6. The highest BCUT2D eigenvalue weighted by Crippen LogP contribution is 2.39. The monoisotopic (exact) mass is 742 g/mol. The molecule has 1 aliphatic heterocycles. The molecule has 2 nitrogen and oxygen atoms in total. The van der Waals surface area contributed by atoms with Crippen LogP contribution in [0.1, 0.15) is 0 Å². The van der Waals surface area contributed by atoms with E-state index in [2.05, 4.69) is 194 Å². The molecule has 266 valence electrons. The van der Waals surface area contributed by atoms with Crippen molar-refractivity contribution in [2.24, 2.45) is 0 Å². The number of benzene rings is 9. The molecule has 12 rings (SSSR count). The van der Waals surface area contributed by atoms with E-state index in [-0.39, 0.29) is 0 Å². The predicted molar refractivity (Wildman–Crippen MR) is 240 cm³/mol. The van der Waals surface area contributed by atoms with E-state index in [0.717, 1.165) is 49.4 Å². The molecule has 3 heteroatoms. The highest BCUT2D eigenvalue weighted by molar-refractivity contribution is 7.22. The van der Waals surface area contributed by atoms with Crippen molar-refractivity contribution in [3.8, 4) is 44.5 Å². The summed E-state index contributed by atoms with van der Waals surface area (Å²) >= 11 is 0. The van der Waals surface area contributed by atoms with Crippen LogP contribution < -0.4 is 20.7 Å². The van der Waals surface area contributed by atoms with Crippen molar-refractivity contribution in [2.75, 3.05) is 0 Å². The second-order valence-electron chi connectivity index (χ2n) is 15.2. The first-order chi connectivity index (χ1) is 28.2. The fraction of sp³-hybridized carbons (Fsp3) is 0. The summed E-state index contributed by atoms with van der Waals surface area (Å²) in [5.74, 6) is 0. The number of furan rings is 2. The zero-order valence-corrected chi connectivity index (χ0v) is 31.9. The number of hydrogen-bond acceptors (Lipinski definition) is 2. The minimum Gasteiger partial charge on any atom is -0.456 e. The van der Waals surface area contributed by atoms with Crippen molar-refractivity contribution in [2.45, 2.75) is 0 Å². The van der Waals surface area contributed by atoms with Gasteiger partial charge in [0.15, 0.2) is 8.07 Å². The van der Waals surface area contributed by atoms with Crippen molar-refractivity contribution in [1.82, 2.24) is 0 Å². The summed E-state index contributed by atoms with van der Waals surface area (Å²) in [6, 6.07) is 75.6. The predicted octanol–water partition coefficient (Wildman–Crippen LogP) is 11.8. The highest BCUT2D eigenvalue weighted by Gasteiger charge is 2.48. The molecular weight excluding hydrogens is 709 g/mol. The molecule has 0 unspecified atom stereocenters. The van der Waals surface area contributed by atoms with E-state index in [1.807, 2.05) is 12.1 Å². The zero-order chi connectivity index (χ0) is 37.5. The SMILES string of the molecule is c1ccc(-c2ccc([Si]3(c4ccc(-c5ccccc5)cc4)c4ccccc4-c4cc(-c5ccc6oc7cc8c(cc7c6c5)oc5ccccc58)ccc43)cc2)cc1. The molecule has 0 N–H and O–H groups in total. The molecule has 1 aliphatic rings. The second-order valence-corrected chi connectivity index (χ2v) is 18.9. The Morgan fingerprint density at radius 3 is 1.39 bits per heavy atom. The Morgan fingerprint density at radius 2 is 0.719 bits per heavy atom.